The molecule has 0 aliphatic carbocycles. The van der Waals surface area contributed by atoms with Gasteiger partial charge in [-0.3, -0.25) is 9.59 Å². The highest BCUT2D eigenvalue weighted by Crippen LogP contribution is 2.21. The first-order chi connectivity index (χ1) is 13.0. The quantitative estimate of drug-likeness (QED) is 0.777. The molecular formula is C19H26N6O2. The third-order valence-electron chi connectivity index (χ3n) is 4.71. The van der Waals surface area contributed by atoms with Crippen molar-refractivity contribution in [2.75, 3.05) is 11.9 Å². The molecule has 2 aromatic rings. The molecule has 1 aliphatic heterocycles. The molecule has 0 radical (unpaired) electrons. The Morgan fingerprint density at radius 2 is 2.04 bits per heavy atom. The van der Waals surface area contributed by atoms with Crippen LogP contribution in [0.15, 0.2) is 24.3 Å². The molecule has 8 nitrogen and oxygen atoms in total. The van der Waals surface area contributed by atoms with Crippen molar-refractivity contribution in [1.82, 2.24) is 25.5 Å². The van der Waals surface area contributed by atoms with E-state index in [1.807, 2.05) is 24.3 Å². The van der Waals surface area contributed by atoms with E-state index in [4.69, 9.17) is 0 Å². The lowest BCUT2D eigenvalue weighted by Crippen LogP contribution is -2.49. The number of anilines is 1. The number of H-pyrrole nitrogens is 1. The van der Waals surface area contributed by atoms with Crippen LogP contribution in [0.25, 0.3) is 0 Å². The summed E-state index contributed by atoms with van der Waals surface area (Å²) in [6, 6.07) is 7.15. The molecule has 144 valence electrons. The molecule has 1 fully saturated rings. The standard InChI is InChI=1S/C19H26N6O2/c1-13(2)11-16(25-10-4-3-5-18(25)26)19(27)20-15-8-6-14(7-9-15)12-17-21-23-24-22-17/h6-9,13,16H,3-5,10-12H2,1-2H3,(H,20,27)(H,21,22,23,24). The first kappa shape index (κ1) is 19.0. The average Bonchev–Trinajstić information content (AvgIpc) is 3.15. The van der Waals surface area contributed by atoms with Crippen LogP contribution in [0.5, 0.6) is 0 Å². The summed E-state index contributed by atoms with van der Waals surface area (Å²) in [4.78, 5) is 26.9. The minimum atomic E-state index is -0.420. The number of carbonyl (C=O) groups is 2. The maximum Gasteiger partial charge on any atom is 0.247 e. The van der Waals surface area contributed by atoms with Crippen molar-refractivity contribution < 1.29 is 9.59 Å². The van der Waals surface area contributed by atoms with E-state index in [0.717, 1.165) is 24.1 Å². The summed E-state index contributed by atoms with van der Waals surface area (Å²) in [5.74, 6) is 0.905. The molecule has 2 heterocycles. The highest BCUT2D eigenvalue weighted by atomic mass is 16.2. The predicted molar refractivity (Wildman–Crippen MR) is 101 cm³/mol. The average molecular weight is 370 g/mol. The Bertz CT molecular complexity index is 757. The van der Waals surface area contributed by atoms with Crippen molar-refractivity contribution in [3.8, 4) is 0 Å². The molecule has 0 bridgehead atoms. The van der Waals surface area contributed by atoms with Crippen molar-refractivity contribution in [2.24, 2.45) is 5.92 Å². The van der Waals surface area contributed by atoms with Crippen LogP contribution in [0, 0.1) is 5.92 Å². The molecule has 2 amide bonds. The van der Waals surface area contributed by atoms with Gasteiger partial charge >= 0.3 is 0 Å². The van der Waals surface area contributed by atoms with Crippen LogP contribution < -0.4 is 5.32 Å². The van der Waals surface area contributed by atoms with Crippen LogP contribution in [-0.2, 0) is 16.0 Å². The summed E-state index contributed by atoms with van der Waals surface area (Å²) < 4.78 is 0. The lowest BCUT2D eigenvalue weighted by Gasteiger charge is -2.34. The van der Waals surface area contributed by atoms with E-state index >= 15 is 0 Å². The van der Waals surface area contributed by atoms with Crippen LogP contribution >= 0.6 is 0 Å². The second-order valence-electron chi connectivity index (χ2n) is 7.38. The largest absolute Gasteiger partial charge is 0.331 e. The van der Waals surface area contributed by atoms with Crippen LogP contribution in [0.2, 0.25) is 0 Å². The van der Waals surface area contributed by atoms with Gasteiger partial charge in [0.15, 0.2) is 5.82 Å². The molecule has 2 N–H and O–H groups in total. The Morgan fingerprint density at radius 1 is 1.26 bits per heavy atom. The summed E-state index contributed by atoms with van der Waals surface area (Å²) in [7, 11) is 0. The highest BCUT2D eigenvalue weighted by Gasteiger charge is 2.31. The number of amides is 2. The van der Waals surface area contributed by atoms with Crippen molar-refractivity contribution in [1.29, 1.82) is 0 Å². The number of rotatable bonds is 7. The molecule has 3 rings (SSSR count). The number of nitrogens with one attached hydrogen (secondary N) is 2. The number of tetrazole rings is 1. The smallest absolute Gasteiger partial charge is 0.247 e. The zero-order valence-electron chi connectivity index (χ0n) is 15.8. The molecule has 1 unspecified atom stereocenters. The molecule has 27 heavy (non-hydrogen) atoms. The van der Waals surface area contributed by atoms with Crippen molar-refractivity contribution in [3.05, 3.63) is 35.7 Å². The maximum atomic E-state index is 12.9. The van der Waals surface area contributed by atoms with Gasteiger partial charge in [-0.1, -0.05) is 31.2 Å². The Morgan fingerprint density at radius 3 is 2.67 bits per heavy atom. The Kier molecular flexibility index (Phi) is 6.16. The lowest BCUT2D eigenvalue weighted by molar-refractivity contribution is -0.141. The van der Waals surface area contributed by atoms with Gasteiger partial charge in [0.05, 0.1) is 0 Å². The minimum Gasteiger partial charge on any atom is -0.331 e. The molecule has 1 aromatic carbocycles. The highest BCUT2D eigenvalue weighted by molar-refractivity contribution is 5.97. The fourth-order valence-corrected chi connectivity index (χ4v) is 3.35. The number of carbonyl (C=O) groups excluding carboxylic acids is 2. The Balaban J connectivity index is 1.66. The van der Waals surface area contributed by atoms with E-state index in [1.54, 1.807) is 4.90 Å². The Hall–Kier alpha value is -2.77. The molecular weight excluding hydrogens is 344 g/mol. The maximum absolute atomic E-state index is 12.9. The summed E-state index contributed by atoms with van der Waals surface area (Å²) in [5, 5.41) is 16.8. The molecule has 0 spiro atoms. The van der Waals surface area contributed by atoms with Crippen LogP contribution in [-0.4, -0.2) is 49.9 Å². The van der Waals surface area contributed by atoms with E-state index in [2.05, 4.69) is 39.8 Å². The topological polar surface area (TPSA) is 104 Å². The first-order valence-electron chi connectivity index (χ1n) is 9.44. The van der Waals surface area contributed by atoms with Crippen LogP contribution in [0.4, 0.5) is 5.69 Å². The fourth-order valence-electron chi connectivity index (χ4n) is 3.35. The van der Waals surface area contributed by atoms with E-state index < -0.39 is 6.04 Å². The van der Waals surface area contributed by atoms with Gasteiger partial charge in [-0.05, 0) is 42.9 Å². The van der Waals surface area contributed by atoms with Crippen LogP contribution in [0.3, 0.4) is 0 Å². The number of aromatic nitrogens is 4. The summed E-state index contributed by atoms with van der Waals surface area (Å²) in [5.41, 5.74) is 1.74. The fraction of sp³-hybridized carbons (Fsp3) is 0.526. The van der Waals surface area contributed by atoms with Crippen molar-refractivity contribution >= 4 is 17.5 Å². The second kappa shape index (κ2) is 8.75. The van der Waals surface area contributed by atoms with Gasteiger partial charge < -0.3 is 10.2 Å². The predicted octanol–water partition coefficient (Wildman–Crippen LogP) is 2.16. The Labute approximate surface area is 158 Å². The van der Waals surface area contributed by atoms with Gasteiger partial charge in [-0.2, -0.15) is 5.21 Å². The van der Waals surface area contributed by atoms with E-state index in [-0.39, 0.29) is 11.8 Å². The summed E-state index contributed by atoms with van der Waals surface area (Å²) in [6.45, 7) is 4.80. The normalized spacial score (nSPS) is 15.8. The molecule has 1 saturated heterocycles. The van der Waals surface area contributed by atoms with Gasteiger partial charge in [0.25, 0.3) is 0 Å². The molecule has 0 saturated carbocycles. The van der Waals surface area contributed by atoms with Crippen molar-refractivity contribution in [2.45, 2.75) is 52.0 Å². The monoisotopic (exact) mass is 370 g/mol. The third-order valence-corrected chi connectivity index (χ3v) is 4.71. The number of hydrogen-bond acceptors (Lipinski definition) is 5. The van der Waals surface area contributed by atoms with Gasteiger partial charge in [-0.25, -0.2) is 0 Å². The minimum absolute atomic E-state index is 0.0810. The molecule has 1 aliphatic rings. The molecule has 1 aromatic heterocycles. The molecule has 8 heteroatoms. The van der Waals surface area contributed by atoms with Crippen LogP contribution in [0.1, 0.15) is 50.9 Å². The van der Waals surface area contributed by atoms with Crippen molar-refractivity contribution in [3.63, 3.8) is 0 Å². The molecule has 1 atom stereocenters. The van der Waals surface area contributed by atoms with E-state index in [1.165, 1.54) is 0 Å². The number of aromatic amines is 1. The number of hydrogen-bond donors (Lipinski definition) is 2. The summed E-state index contributed by atoms with van der Waals surface area (Å²) in [6.07, 6.45) is 3.63. The van der Waals surface area contributed by atoms with E-state index in [9.17, 15) is 9.59 Å². The zero-order valence-corrected chi connectivity index (χ0v) is 15.8. The number of nitrogens with zero attached hydrogens (tertiary/aromatic N) is 4. The van der Waals surface area contributed by atoms with Gasteiger partial charge in [-0.15, -0.1) is 10.2 Å². The zero-order chi connectivity index (χ0) is 19.2. The lowest BCUT2D eigenvalue weighted by atomic mass is 9.98. The van der Waals surface area contributed by atoms with Gasteiger partial charge in [0, 0.05) is 25.1 Å². The second-order valence-corrected chi connectivity index (χ2v) is 7.38. The summed E-state index contributed by atoms with van der Waals surface area (Å²) >= 11 is 0. The van der Waals surface area contributed by atoms with Gasteiger partial charge in [0.2, 0.25) is 11.8 Å². The first-order valence-corrected chi connectivity index (χ1v) is 9.44. The number of likely N-dealkylation sites (tertiary alicyclic amines) is 1. The van der Waals surface area contributed by atoms with Gasteiger partial charge in [0.1, 0.15) is 6.04 Å². The SMILES string of the molecule is CC(C)CC(C(=O)Nc1ccc(Cc2nn[nH]n2)cc1)N1CCCCC1=O. The number of piperidine rings is 1. The third kappa shape index (κ3) is 5.12. The van der Waals surface area contributed by atoms with E-state index in [0.29, 0.717) is 37.5 Å². The number of benzene rings is 1.